The summed E-state index contributed by atoms with van der Waals surface area (Å²) in [6.07, 6.45) is 1.56. The van der Waals surface area contributed by atoms with Crippen molar-refractivity contribution in [3.05, 3.63) is 46.6 Å². The highest BCUT2D eigenvalue weighted by Gasteiger charge is 2.21. The zero-order valence-corrected chi connectivity index (χ0v) is 15.3. The van der Waals surface area contributed by atoms with Gasteiger partial charge >= 0.3 is 0 Å². The first kappa shape index (κ1) is 17.7. The maximum atomic E-state index is 12.0. The molecule has 0 spiro atoms. The van der Waals surface area contributed by atoms with Crippen molar-refractivity contribution in [2.75, 3.05) is 11.1 Å². The van der Waals surface area contributed by atoms with Gasteiger partial charge in [-0.15, -0.1) is 0 Å². The number of hydrogen-bond acceptors (Lipinski definition) is 4. The van der Waals surface area contributed by atoms with Crippen molar-refractivity contribution in [2.45, 2.75) is 25.6 Å². The maximum Gasteiger partial charge on any atom is 0.240 e. The fourth-order valence-electron chi connectivity index (χ4n) is 1.88. The van der Waals surface area contributed by atoms with E-state index in [0.29, 0.717) is 12.4 Å². The van der Waals surface area contributed by atoms with E-state index < -0.39 is 26.7 Å². The highest BCUT2D eigenvalue weighted by atomic mass is 79.9. The van der Waals surface area contributed by atoms with Crippen LogP contribution in [0.2, 0.25) is 0 Å². The molecule has 0 atom stereocenters. The average Bonchev–Trinajstić information content (AvgIpc) is 2.87. The summed E-state index contributed by atoms with van der Waals surface area (Å²) in [5.74, 6) is -0.637. The van der Waals surface area contributed by atoms with Crippen LogP contribution in [0.15, 0.2) is 41.0 Å². The molecule has 8 heteroatoms. The SMILES string of the molecule is CC(C)S(=O)(=O)CC(=O)Nc1ccnn1Cc1ccccc1Br. The molecule has 0 bridgehead atoms. The lowest BCUT2D eigenvalue weighted by atomic mass is 10.2. The number of hydrogen-bond donors (Lipinski definition) is 1. The van der Waals surface area contributed by atoms with Crippen molar-refractivity contribution in [3.63, 3.8) is 0 Å². The van der Waals surface area contributed by atoms with Crippen molar-refractivity contribution in [1.82, 2.24) is 9.78 Å². The number of carbonyl (C=O) groups excluding carboxylic acids is 1. The standard InChI is InChI=1S/C15H18BrN3O3S/c1-11(2)23(21,22)10-15(20)18-14-7-8-17-19(14)9-12-5-3-4-6-13(12)16/h3-8,11H,9-10H2,1-2H3,(H,18,20). The lowest BCUT2D eigenvalue weighted by Crippen LogP contribution is -2.28. The number of nitrogens with one attached hydrogen (secondary N) is 1. The van der Waals surface area contributed by atoms with Crippen LogP contribution in [-0.4, -0.2) is 35.1 Å². The maximum absolute atomic E-state index is 12.0. The first-order valence-electron chi connectivity index (χ1n) is 7.06. The molecule has 0 aliphatic heterocycles. The number of carbonyl (C=O) groups is 1. The van der Waals surface area contributed by atoms with Gasteiger partial charge in [-0.1, -0.05) is 34.1 Å². The first-order valence-corrected chi connectivity index (χ1v) is 9.57. The fourth-order valence-corrected chi connectivity index (χ4v) is 3.06. The van der Waals surface area contributed by atoms with Gasteiger partial charge in [-0.05, 0) is 25.5 Å². The largest absolute Gasteiger partial charge is 0.310 e. The Kier molecular flexibility index (Phi) is 5.59. The van der Waals surface area contributed by atoms with E-state index in [9.17, 15) is 13.2 Å². The van der Waals surface area contributed by atoms with Gasteiger partial charge in [0.1, 0.15) is 11.6 Å². The molecule has 6 nitrogen and oxygen atoms in total. The van der Waals surface area contributed by atoms with E-state index in [1.54, 1.807) is 30.8 Å². The van der Waals surface area contributed by atoms with Crippen molar-refractivity contribution >= 4 is 37.5 Å². The van der Waals surface area contributed by atoms with Gasteiger partial charge in [0.25, 0.3) is 0 Å². The summed E-state index contributed by atoms with van der Waals surface area (Å²) in [5, 5.41) is 6.19. The quantitative estimate of drug-likeness (QED) is 0.808. The molecule has 0 unspecified atom stereocenters. The summed E-state index contributed by atoms with van der Waals surface area (Å²) in [7, 11) is -3.43. The monoisotopic (exact) mass is 399 g/mol. The molecule has 23 heavy (non-hydrogen) atoms. The van der Waals surface area contributed by atoms with Crippen LogP contribution in [0.4, 0.5) is 5.82 Å². The third-order valence-electron chi connectivity index (χ3n) is 3.31. The highest BCUT2D eigenvalue weighted by molar-refractivity contribution is 9.10. The third-order valence-corrected chi connectivity index (χ3v) is 6.19. The Morgan fingerprint density at radius 1 is 1.30 bits per heavy atom. The van der Waals surface area contributed by atoms with E-state index in [4.69, 9.17) is 0 Å². The molecule has 0 aliphatic carbocycles. The Labute approximate surface area is 143 Å². The number of amides is 1. The molecule has 0 saturated heterocycles. The summed E-state index contributed by atoms with van der Waals surface area (Å²) in [6, 6.07) is 9.33. The summed E-state index contributed by atoms with van der Waals surface area (Å²) >= 11 is 3.47. The number of aromatic nitrogens is 2. The Balaban J connectivity index is 2.10. The van der Waals surface area contributed by atoms with Gasteiger partial charge in [0, 0.05) is 10.5 Å². The Morgan fingerprint density at radius 2 is 2.00 bits per heavy atom. The molecule has 0 radical (unpaired) electrons. The Morgan fingerprint density at radius 3 is 2.65 bits per heavy atom. The molecule has 1 N–H and O–H groups in total. The summed E-state index contributed by atoms with van der Waals surface area (Å²) in [4.78, 5) is 12.0. The van der Waals surface area contributed by atoms with Gasteiger partial charge in [-0.3, -0.25) is 4.79 Å². The number of rotatable bonds is 6. The third kappa shape index (κ3) is 4.65. The normalized spacial score (nSPS) is 11.7. The minimum Gasteiger partial charge on any atom is -0.310 e. The predicted octanol–water partition coefficient (Wildman–Crippen LogP) is 2.46. The van der Waals surface area contributed by atoms with Crippen LogP contribution >= 0.6 is 15.9 Å². The minimum atomic E-state index is -3.43. The molecule has 2 rings (SSSR count). The number of benzene rings is 1. The topological polar surface area (TPSA) is 81.1 Å². The van der Waals surface area contributed by atoms with E-state index in [1.165, 1.54) is 0 Å². The predicted molar refractivity (Wildman–Crippen MR) is 93.0 cm³/mol. The fraction of sp³-hybridized carbons (Fsp3) is 0.333. The van der Waals surface area contributed by atoms with Crippen molar-refractivity contribution in [3.8, 4) is 0 Å². The van der Waals surface area contributed by atoms with Gasteiger partial charge in [0.2, 0.25) is 5.91 Å². The number of halogens is 1. The number of nitrogens with zero attached hydrogens (tertiary/aromatic N) is 2. The van der Waals surface area contributed by atoms with Crippen LogP contribution in [-0.2, 0) is 21.2 Å². The van der Waals surface area contributed by atoms with Crippen molar-refractivity contribution in [2.24, 2.45) is 0 Å². The number of anilines is 1. The molecule has 1 aromatic heterocycles. The van der Waals surface area contributed by atoms with Gasteiger partial charge in [0.15, 0.2) is 9.84 Å². The van der Waals surface area contributed by atoms with Crippen LogP contribution in [0, 0.1) is 0 Å². The van der Waals surface area contributed by atoms with Gasteiger partial charge in [0.05, 0.1) is 18.0 Å². The second-order valence-electron chi connectivity index (χ2n) is 5.37. The van der Waals surface area contributed by atoms with E-state index >= 15 is 0 Å². The average molecular weight is 400 g/mol. The van der Waals surface area contributed by atoms with Crippen LogP contribution in [0.5, 0.6) is 0 Å². The van der Waals surface area contributed by atoms with Crippen molar-refractivity contribution in [1.29, 1.82) is 0 Å². The molecule has 0 saturated carbocycles. The minimum absolute atomic E-state index is 0.459. The summed E-state index contributed by atoms with van der Waals surface area (Å²) in [5.41, 5.74) is 1.00. The van der Waals surface area contributed by atoms with E-state index in [-0.39, 0.29) is 0 Å². The molecule has 0 fully saturated rings. The molecular weight excluding hydrogens is 382 g/mol. The molecule has 0 aliphatic rings. The lowest BCUT2D eigenvalue weighted by molar-refractivity contribution is -0.113. The van der Waals surface area contributed by atoms with Crippen LogP contribution in [0.25, 0.3) is 0 Å². The number of sulfone groups is 1. The molecule has 1 amide bonds. The van der Waals surface area contributed by atoms with E-state index in [0.717, 1.165) is 10.0 Å². The van der Waals surface area contributed by atoms with Crippen LogP contribution in [0.1, 0.15) is 19.4 Å². The lowest BCUT2D eigenvalue weighted by Gasteiger charge is -2.11. The van der Waals surface area contributed by atoms with Gasteiger partial charge in [-0.25, -0.2) is 13.1 Å². The second-order valence-corrected chi connectivity index (χ2v) is 8.78. The Hall–Kier alpha value is -1.67. The molecular formula is C15H18BrN3O3S. The van der Waals surface area contributed by atoms with E-state index in [2.05, 4.69) is 26.3 Å². The van der Waals surface area contributed by atoms with Gasteiger partial charge in [-0.2, -0.15) is 5.10 Å². The van der Waals surface area contributed by atoms with Crippen LogP contribution in [0.3, 0.4) is 0 Å². The molecule has 2 aromatic rings. The molecule has 1 aromatic carbocycles. The smallest absolute Gasteiger partial charge is 0.240 e. The van der Waals surface area contributed by atoms with Gasteiger partial charge < -0.3 is 5.32 Å². The van der Waals surface area contributed by atoms with Crippen LogP contribution < -0.4 is 5.32 Å². The summed E-state index contributed by atoms with van der Waals surface area (Å²) in [6.45, 7) is 3.57. The van der Waals surface area contributed by atoms with Crippen molar-refractivity contribution < 1.29 is 13.2 Å². The first-order chi connectivity index (χ1) is 10.8. The zero-order chi connectivity index (χ0) is 17.0. The second kappa shape index (κ2) is 7.27. The molecule has 1 heterocycles. The van der Waals surface area contributed by atoms with E-state index in [1.807, 2.05) is 24.3 Å². The summed E-state index contributed by atoms with van der Waals surface area (Å²) < 4.78 is 26.2. The highest BCUT2D eigenvalue weighted by Crippen LogP contribution is 2.18. The zero-order valence-electron chi connectivity index (χ0n) is 12.9. The molecule has 124 valence electrons. The Bertz CT molecular complexity index is 800.